The van der Waals surface area contributed by atoms with E-state index in [0.29, 0.717) is 18.7 Å². The van der Waals surface area contributed by atoms with Crippen LogP contribution in [0.3, 0.4) is 0 Å². The van der Waals surface area contributed by atoms with Crippen LogP contribution in [-0.4, -0.2) is 33.1 Å². The number of hydrogen-bond acceptors (Lipinski definition) is 4. The zero-order valence-corrected chi connectivity index (χ0v) is 13.2. The number of anilines is 1. The van der Waals surface area contributed by atoms with Crippen molar-refractivity contribution in [3.63, 3.8) is 0 Å². The number of carbonyl (C=O) groups is 1. The highest BCUT2D eigenvalue weighted by Gasteiger charge is 2.33. The van der Waals surface area contributed by atoms with E-state index in [-0.39, 0.29) is 16.2 Å². The van der Waals surface area contributed by atoms with Crippen molar-refractivity contribution in [3.05, 3.63) is 53.6 Å². The van der Waals surface area contributed by atoms with Crippen molar-refractivity contribution in [3.8, 4) is 5.75 Å². The molecule has 1 aliphatic heterocycles. The Labute approximate surface area is 134 Å². The first-order chi connectivity index (χ1) is 10.9. The number of carboxylic acid groups (broad SMARTS) is 1. The van der Waals surface area contributed by atoms with Gasteiger partial charge < -0.3 is 9.84 Å². The first kappa shape index (κ1) is 15.4. The molecule has 0 aromatic heterocycles. The van der Waals surface area contributed by atoms with Crippen LogP contribution in [0.5, 0.6) is 5.75 Å². The maximum atomic E-state index is 13.0. The minimum Gasteiger partial charge on any atom is -0.495 e. The zero-order valence-electron chi connectivity index (χ0n) is 12.4. The average molecular weight is 333 g/mol. The predicted octanol–water partition coefficient (Wildman–Crippen LogP) is 2.14. The maximum absolute atomic E-state index is 13.0. The van der Waals surface area contributed by atoms with E-state index < -0.39 is 16.0 Å². The Bertz CT molecular complexity index is 876. The Balaban J connectivity index is 2.14. The van der Waals surface area contributed by atoms with Crippen LogP contribution in [0.25, 0.3) is 0 Å². The summed E-state index contributed by atoms with van der Waals surface area (Å²) >= 11 is 0. The second kappa shape index (κ2) is 5.58. The summed E-state index contributed by atoms with van der Waals surface area (Å²) in [7, 11) is -2.55. The highest BCUT2D eigenvalue weighted by Crippen LogP contribution is 2.35. The first-order valence-corrected chi connectivity index (χ1v) is 8.41. The minimum absolute atomic E-state index is 0.100. The van der Waals surface area contributed by atoms with E-state index in [0.717, 1.165) is 11.6 Å². The Morgan fingerprint density at radius 3 is 2.65 bits per heavy atom. The molecule has 0 unspecified atom stereocenters. The number of methoxy groups -OCH3 is 1. The molecule has 0 bridgehead atoms. The van der Waals surface area contributed by atoms with E-state index in [1.165, 1.54) is 23.5 Å². The molecule has 0 saturated carbocycles. The van der Waals surface area contributed by atoms with Crippen LogP contribution in [0.2, 0.25) is 0 Å². The van der Waals surface area contributed by atoms with Gasteiger partial charge in [0.2, 0.25) is 0 Å². The molecule has 0 spiro atoms. The smallest absolute Gasteiger partial charge is 0.335 e. The van der Waals surface area contributed by atoms with E-state index in [4.69, 9.17) is 9.84 Å². The van der Waals surface area contributed by atoms with Gasteiger partial charge in [0.1, 0.15) is 10.6 Å². The van der Waals surface area contributed by atoms with Crippen LogP contribution in [0.15, 0.2) is 47.4 Å². The molecule has 0 fully saturated rings. The summed E-state index contributed by atoms with van der Waals surface area (Å²) in [5, 5.41) is 9.11. The van der Waals surface area contributed by atoms with Crippen molar-refractivity contribution in [2.75, 3.05) is 18.0 Å². The zero-order chi connectivity index (χ0) is 16.6. The third kappa shape index (κ3) is 2.53. The maximum Gasteiger partial charge on any atom is 0.335 e. The number of hydrogen-bond donors (Lipinski definition) is 1. The minimum atomic E-state index is -3.91. The number of nitrogens with zero attached hydrogens (tertiary/aromatic N) is 1. The number of para-hydroxylation sites is 1. The van der Waals surface area contributed by atoms with Gasteiger partial charge >= 0.3 is 5.97 Å². The molecule has 1 N–H and O–H groups in total. The summed E-state index contributed by atoms with van der Waals surface area (Å²) in [4.78, 5) is 11.0. The number of fused-ring (bicyclic) bond motifs is 1. The van der Waals surface area contributed by atoms with Gasteiger partial charge in [0.05, 0.1) is 18.4 Å². The van der Waals surface area contributed by atoms with Crippen LogP contribution in [0.1, 0.15) is 15.9 Å². The molecule has 0 atom stereocenters. The molecule has 2 aromatic carbocycles. The third-order valence-electron chi connectivity index (χ3n) is 3.82. The molecular formula is C16H15NO5S. The van der Waals surface area contributed by atoms with E-state index >= 15 is 0 Å². The summed E-state index contributed by atoms with van der Waals surface area (Å²) in [5.74, 6) is -1.06. The molecule has 120 valence electrons. The number of aromatic carboxylic acids is 1. The summed E-state index contributed by atoms with van der Waals surface area (Å²) < 4.78 is 32.4. The van der Waals surface area contributed by atoms with Crippen molar-refractivity contribution in [2.45, 2.75) is 11.3 Å². The lowest BCUT2D eigenvalue weighted by atomic mass is 10.2. The van der Waals surface area contributed by atoms with Crippen LogP contribution in [-0.2, 0) is 16.4 Å². The van der Waals surface area contributed by atoms with Crippen LogP contribution >= 0.6 is 0 Å². The Morgan fingerprint density at radius 1 is 1.22 bits per heavy atom. The third-order valence-corrected chi connectivity index (χ3v) is 5.66. The SMILES string of the molecule is COc1ccc(C(=O)O)cc1S(=O)(=O)N1CCc2ccccc21. The van der Waals surface area contributed by atoms with Gasteiger partial charge in [-0.2, -0.15) is 0 Å². The van der Waals surface area contributed by atoms with Gasteiger partial charge in [-0.05, 0) is 36.2 Å². The van der Waals surface area contributed by atoms with Gasteiger partial charge in [-0.25, -0.2) is 13.2 Å². The fourth-order valence-corrected chi connectivity index (χ4v) is 4.38. The van der Waals surface area contributed by atoms with Crippen molar-refractivity contribution >= 4 is 21.7 Å². The molecule has 0 saturated heterocycles. The quantitative estimate of drug-likeness (QED) is 0.927. The first-order valence-electron chi connectivity index (χ1n) is 6.97. The summed E-state index contributed by atoms with van der Waals surface area (Å²) in [6, 6.07) is 11.1. The molecule has 0 radical (unpaired) electrons. The van der Waals surface area contributed by atoms with E-state index in [1.807, 2.05) is 12.1 Å². The standard InChI is InChI=1S/C16H15NO5S/c1-22-14-7-6-12(16(18)19)10-15(14)23(20,21)17-9-8-11-4-2-3-5-13(11)17/h2-7,10H,8-9H2,1H3,(H,18,19). The topological polar surface area (TPSA) is 83.9 Å². The highest BCUT2D eigenvalue weighted by molar-refractivity contribution is 7.93. The van der Waals surface area contributed by atoms with E-state index in [2.05, 4.69) is 0 Å². The molecule has 1 aliphatic rings. The lowest BCUT2D eigenvalue weighted by Crippen LogP contribution is -2.29. The molecule has 7 heteroatoms. The number of ether oxygens (including phenoxy) is 1. The van der Waals surface area contributed by atoms with Crippen molar-refractivity contribution < 1.29 is 23.1 Å². The van der Waals surface area contributed by atoms with Crippen LogP contribution in [0, 0.1) is 0 Å². The van der Waals surface area contributed by atoms with E-state index in [1.54, 1.807) is 12.1 Å². The molecule has 3 rings (SSSR count). The summed E-state index contributed by atoms with van der Waals surface area (Å²) in [6.07, 6.45) is 0.621. The van der Waals surface area contributed by atoms with Crippen molar-refractivity contribution in [1.29, 1.82) is 0 Å². The van der Waals surface area contributed by atoms with Gasteiger partial charge in [0.15, 0.2) is 0 Å². The largest absolute Gasteiger partial charge is 0.495 e. The number of benzene rings is 2. The monoisotopic (exact) mass is 333 g/mol. The number of rotatable bonds is 4. The molecular weight excluding hydrogens is 318 g/mol. The molecule has 2 aromatic rings. The number of carboxylic acids is 1. The molecule has 6 nitrogen and oxygen atoms in total. The van der Waals surface area contributed by atoms with Crippen molar-refractivity contribution in [1.82, 2.24) is 0 Å². The average Bonchev–Trinajstić information content (AvgIpc) is 2.99. The van der Waals surface area contributed by atoms with Gasteiger partial charge in [-0.1, -0.05) is 18.2 Å². The second-order valence-corrected chi connectivity index (χ2v) is 6.96. The van der Waals surface area contributed by atoms with Gasteiger partial charge in [-0.3, -0.25) is 4.31 Å². The highest BCUT2D eigenvalue weighted by atomic mass is 32.2. The second-order valence-electron chi connectivity index (χ2n) is 5.13. The molecule has 23 heavy (non-hydrogen) atoms. The molecule has 0 aliphatic carbocycles. The fraction of sp³-hybridized carbons (Fsp3) is 0.188. The van der Waals surface area contributed by atoms with E-state index in [9.17, 15) is 13.2 Å². The van der Waals surface area contributed by atoms with Crippen LogP contribution < -0.4 is 9.04 Å². The van der Waals surface area contributed by atoms with Crippen molar-refractivity contribution in [2.24, 2.45) is 0 Å². The molecule has 1 heterocycles. The van der Waals surface area contributed by atoms with Gasteiger partial charge in [0, 0.05) is 6.54 Å². The Hall–Kier alpha value is -2.54. The fourth-order valence-electron chi connectivity index (χ4n) is 2.69. The summed E-state index contributed by atoms with van der Waals surface area (Å²) in [5.41, 5.74) is 1.47. The Kier molecular flexibility index (Phi) is 3.73. The normalized spacial score (nSPS) is 13.7. The lowest BCUT2D eigenvalue weighted by molar-refractivity contribution is 0.0696. The predicted molar refractivity (Wildman–Crippen MR) is 84.6 cm³/mol. The number of sulfonamides is 1. The molecule has 0 amide bonds. The summed E-state index contributed by atoms with van der Waals surface area (Å²) in [6.45, 7) is 0.322. The Morgan fingerprint density at radius 2 is 1.96 bits per heavy atom. The van der Waals surface area contributed by atoms with Gasteiger partial charge in [0.25, 0.3) is 10.0 Å². The van der Waals surface area contributed by atoms with Crippen LogP contribution in [0.4, 0.5) is 5.69 Å². The lowest BCUT2D eigenvalue weighted by Gasteiger charge is -2.21. The van der Waals surface area contributed by atoms with Gasteiger partial charge in [-0.15, -0.1) is 0 Å².